The molecule has 8 heteroatoms. The van der Waals surface area contributed by atoms with E-state index in [0.717, 1.165) is 16.5 Å². The summed E-state index contributed by atoms with van der Waals surface area (Å²) in [5.74, 6) is -1.34. The Morgan fingerprint density at radius 3 is 2.80 bits per heavy atom. The number of fused-ring (bicyclic) bond motifs is 1. The van der Waals surface area contributed by atoms with Gasteiger partial charge in [0.15, 0.2) is 4.84 Å². The van der Waals surface area contributed by atoms with Crippen LogP contribution in [0.3, 0.4) is 0 Å². The first-order valence-corrected chi connectivity index (χ1v) is 6.44. The summed E-state index contributed by atoms with van der Waals surface area (Å²) in [5.41, 5.74) is 6.96. The van der Waals surface area contributed by atoms with E-state index in [1.807, 2.05) is 24.3 Å². The van der Waals surface area contributed by atoms with Crippen LogP contribution in [0.1, 0.15) is 5.56 Å². The third-order valence-corrected chi connectivity index (χ3v) is 2.93. The first kappa shape index (κ1) is 14.4. The number of nitrogens with one attached hydrogen (secondary N) is 2. The SMILES string of the molecule is N=C(N)N(/N=C/c1c[nH]c2ccccc12)C(=O)C(Cl)Cl. The predicted molar refractivity (Wildman–Crippen MR) is 80.1 cm³/mol. The zero-order valence-corrected chi connectivity index (χ0v) is 11.7. The molecule has 0 bridgehead atoms. The van der Waals surface area contributed by atoms with Crippen LogP contribution in [0.25, 0.3) is 10.9 Å². The van der Waals surface area contributed by atoms with Gasteiger partial charge in [-0.3, -0.25) is 10.2 Å². The number of amides is 1. The first-order chi connectivity index (χ1) is 9.50. The number of carbonyl (C=O) groups is 1. The molecule has 1 amide bonds. The van der Waals surface area contributed by atoms with Crippen LogP contribution in [-0.2, 0) is 4.79 Å². The number of halogens is 2. The molecule has 0 aliphatic carbocycles. The monoisotopic (exact) mass is 311 g/mol. The minimum Gasteiger partial charge on any atom is -0.368 e. The molecule has 4 N–H and O–H groups in total. The molecule has 2 rings (SSSR count). The Kier molecular flexibility index (Phi) is 4.26. The molecule has 104 valence electrons. The molecule has 1 heterocycles. The highest BCUT2D eigenvalue weighted by Crippen LogP contribution is 2.16. The van der Waals surface area contributed by atoms with Gasteiger partial charge in [0.2, 0.25) is 5.96 Å². The van der Waals surface area contributed by atoms with Gasteiger partial charge in [0, 0.05) is 22.7 Å². The van der Waals surface area contributed by atoms with Crippen molar-refractivity contribution in [2.75, 3.05) is 0 Å². The van der Waals surface area contributed by atoms with E-state index >= 15 is 0 Å². The number of para-hydroxylation sites is 1. The number of carbonyl (C=O) groups excluding carboxylic acids is 1. The summed E-state index contributed by atoms with van der Waals surface area (Å²) in [6, 6.07) is 7.60. The molecule has 0 fully saturated rings. The summed E-state index contributed by atoms with van der Waals surface area (Å²) in [6.45, 7) is 0. The lowest BCUT2D eigenvalue weighted by Gasteiger charge is -2.14. The van der Waals surface area contributed by atoms with Crippen LogP contribution in [0.2, 0.25) is 0 Å². The molecule has 2 aromatic rings. The fraction of sp³-hybridized carbons (Fsp3) is 0.0833. The van der Waals surface area contributed by atoms with Gasteiger partial charge in [0.1, 0.15) is 0 Å². The third-order valence-electron chi connectivity index (χ3n) is 2.56. The summed E-state index contributed by atoms with van der Waals surface area (Å²) in [5, 5.41) is 12.7. The van der Waals surface area contributed by atoms with E-state index in [1.165, 1.54) is 6.21 Å². The maximum absolute atomic E-state index is 11.6. The topological polar surface area (TPSA) is 98.3 Å². The zero-order valence-electron chi connectivity index (χ0n) is 10.2. The van der Waals surface area contributed by atoms with E-state index in [0.29, 0.717) is 5.01 Å². The highest BCUT2D eigenvalue weighted by Gasteiger charge is 2.22. The molecular weight excluding hydrogens is 301 g/mol. The van der Waals surface area contributed by atoms with Crippen LogP contribution < -0.4 is 5.73 Å². The number of hydrogen-bond acceptors (Lipinski definition) is 3. The van der Waals surface area contributed by atoms with Gasteiger partial charge in [-0.25, -0.2) is 0 Å². The van der Waals surface area contributed by atoms with Crippen LogP contribution in [-0.4, -0.2) is 32.9 Å². The molecule has 0 spiro atoms. The first-order valence-electron chi connectivity index (χ1n) is 5.57. The Balaban J connectivity index is 2.31. The van der Waals surface area contributed by atoms with E-state index in [4.69, 9.17) is 34.3 Å². The van der Waals surface area contributed by atoms with Crippen molar-refractivity contribution in [2.24, 2.45) is 10.8 Å². The van der Waals surface area contributed by atoms with Gasteiger partial charge in [-0.15, -0.1) is 0 Å². The van der Waals surface area contributed by atoms with Crippen molar-refractivity contribution in [1.29, 1.82) is 5.41 Å². The van der Waals surface area contributed by atoms with Crippen molar-refractivity contribution < 1.29 is 4.79 Å². The number of hydrogen-bond donors (Lipinski definition) is 3. The second-order valence-electron chi connectivity index (χ2n) is 3.87. The lowest BCUT2D eigenvalue weighted by molar-refractivity contribution is -0.125. The number of guanidine groups is 1. The average Bonchev–Trinajstić information content (AvgIpc) is 2.82. The van der Waals surface area contributed by atoms with Gasteiger partial charge in [-0.1, -0.05) is 41.4 Å². The van der Waals surface area contributed by atoms with Crippen molar-refractivity contribution in [3.63, 3.8) is 0 Å². The van der Waals surface area contributed by atoms with Crippen molar-refractivity contribution in [3.8, 4) is 0 Å². The van der Waals surface area contributed by atoms with Crippen LogP contribution in [0.15, 0.2) is 35.6 Å². The molecular formula is C12H11Cl2N5O. The fourth-order valence-corrected chi connectivity index (χ4v) is 1.84. The van der Waals surface area contributed by atoms with E-state index < -0.39 is 16.7 Å². The molecule has 0 saturated carbocycles. The van der Waals surface area contributed by atoms with E-state index in [1.54, 1.807) is 6.20 Å². The number of aromatic amines is 1. The Morgan fingerprint density at radius 1 is 1.45 bits per heavy atom. The molecule has 1 aromatic carbocycles. The molecule has 0 atom stereocenters. The molecule has 0 radical (unpaired) electrons. The fourth-order valence-electron chi connectivity index (χ4n) is 1.65. The normalized spacial score (nSPS) is 11.3. The van der Waals surface area contributed by atoms with E-state index in [-0.39, 0.29) is 0 Å². The second kappa shape index (κ2) is 5.94. The van der Waals surface area contributed by atoms with Gasteiger partial charge in [0.05, 0.1) is 6.21 Å². The molecule has 0 saturated heterocycles. The van der Waals surface area contributed by atoms with E-state index in [2.05, 4.69) is 10.1 Å². The number of nitrogens with zero attached hydrogens (tertiary/aromatic N) is 2. The van der Waals surface area contributed by atoms with E-state index in [9.17, 15) is 4.79 Å². The summed E-state index contributed by atoms with van der Waals surface area (Å²) in [4.78, 5) is 13.4. The van der Waals surface area contributed by atoms with Crippen molar-refractivity contribution >= 4 is 52.2 Å². The van der Waals surface area contributed by atoms with Gasteiger partial charge >= 0.3 is 0 Å². The maximum atomic E-state index is 11.6. The van der Waals surface area contributed by atoms with Gasteiger partial charge in [0.25, 0.3) is 5.91 Å². The lowest BCUT2D eigenvalue weighted by Crippen LogP contribution is -2.40. The van der Waals surface area contributed by atoms with Gasteiger partial charge in [-0.05, 0) is 6.07 Å². The number of H-pyrrole nitrogens is 1. The maximum Gasteiger partial charge on any atom is 0.283 e. The molecule has 20 heavy (non-hydrogen) atoms. The molecule has 0 unspecified atom stereocenters. The lowest BCUT2D eigenvalue weighted by atomic mass is 10.2. The van der Waals surface area contributed by atoms with Crippen molar-refractivity contribution in [1.82, 2.24) is 9.99 Å². The van der Waals surface area contributed by atoms with Crippen LogP contribution in [0.5, 0.6) is 0 Å². The minimum atomic E-state index is -1.33. The number of hydrazone groups is 1. The number of rotatable bonds is 3. The molecule has 0 aliphatic heterocycles. The Hall–Kier alpha value is -2.05. The van der Waals surface area contributed by atoms with Gasteiger partial charge in [-0.2, -0.15) is 10.1 Å². The quantitative estimate of drug-likeness (QED) is 0.350. The summed E-state index contributed by atoms with van der Waals surface area (Å²) in [6.07, 6.45) is 3.14. The van der Waals surface area contributed by atoms with Gasteiger partial charge < -0.3 is 10.7 Å². The number of benzene rings is 1. The van der Waals surface area contributed by atoms with Crippen molar-refractivity contribution in [3.05, 3.63) is 36.0 Å². The summed E-state index contributed by atoms with van der Waals surface area (Å²) in [7, 11) is 0. The number of nitrogens with two attached hydrogens (primary N) is 1. The third kappa shape index (κ3) is 2.92. The average molecular weight is 312 g/mol. The number of alkyl halides is 2. The summed E-state index contributed by atoms with van der Waals surface area (Å²) >= 11 is 10.9. The Labute approximate surface area is 124 Å². The largest absolute Gasteiger partial charge is 0.368 e. The highest BCUT2D eigenvalue weighted by molar-refractivity contribution is 6.53. The van der Waals surface area contributed by atoms with Crippen LogP contribution >= 0.6 is 23.2 Å². The predicted octanol–water partition coefficient (Wildman–Crippen LogP) is 2.03. The Bertz CT molecular complexity index is 679. The minimum absolute atomic E-state index is 0.558. The zero-order chi connectivity index (χ0) is 14.7. The molecule has 0 aliphatic rings. The molecule has 6 nitrogen and oxygen atoms in total. The Morgan fingerprint density at radius 2 is 2.15 bits per heavy atom. The molecule has 1 aromatic heterocycles. The highest BCUT2D eigenvalue weighted by atomic mass is 35.5. The smallest absolute Gasteiger partial charge is 0.283 e. The standard InChI is InChI=1S/C12H11Cl2N5O/c13-10(14)11(20)19(12(15)16)18-6-7-5-17-9-4-2-1-3-8(7)9/h1-6,10,17H,(H3,15,16)/b18-6+. The van der Waals surface area contributed by atoms with Crippen LogP contribution in [0.4, 0.5) is 0 Å². The summed E-state index contributed by atoms with van der Waals surface area (Å²) < 4.78 is 0. The van der Waals surface area contributed by atoms with Crippen LogP contribution in [0, 0.1) is 5.41 Å². The van der Waals surface area contributed by atoms with Crippen molar-refractivity contribution in [2.45, 2.75) is 4.84 Å². The second-order valence-corrected chi connectivity index (χ2v) is 4.97. The number of aromatic nitrogens is 1.